The topological polar surface area (TPSA) is 66.8 Å². The van der Waals surface area contributed by atoms with Crippen LogP contribution in [-0.4, -0.2) is 42.3 Å². The van der Waals surface area contributed by atoms with E-state index in [-0.39, 0.29) is 35.1 Å². The number of thioether (sulfide) groups is 1. The average molecular weight is 435 g/mol. The second-order valence-electron chi connectivity index (χ2n) is 7.46. The number of sulfone groups is 1. The van der Waals surface area contributed by atoms with Crippen LogP contribution in [0.4, 0.5) is 5.69 Å². The third-order valence-corrected chi connectivity index (χ3v) is 9.12. The third-order valence-electron chi connectivity index (χ3n) is 5.03. The molecule has 8 heteroatoms. The van der Waals surface area contributed by atoms with Gasteiger partial charge in [0.05, 0.1) is 24.0 Å². The van der Waals surface area contributed by atoms with E-state index in [2.05, 4.69) is 31.0 Å². The van der Waals surface area contributed by atoms with Gasteiger partial charge in [0.2, 0.25) is 0 Å². The molecule has 2 fully saturated rings. The van der Waals surface area contributed by atoms with Gasteiger partial charge < -0.3 is 4.90 Å². The highest BCUT2D eigenvalue weighted by molar-refractivity contribution is 8.16. The summed E-state index contributed by atoms with van der Waals surface area (Å²) in [5.74, 6) is 0.467. The van der Waals surface area contributed by atoms with Crippen LogP contribution in [0.2, 0.25) is 0 Å². The SMILES string of the molecule is CC(C)c1ccc(N2C(=NC(=O)Cc3cccs3)SC3CS(=O)(=O)CC32)cc1. The third kappa shape index (κ3) is 4.04. The van der Waals surface area contributed by atoms with Crippen LogP contribution in [-0.2, 0) is 21.1 Å². The van der Waals surface area contributed by atoms with Crippen LogP contribution in [0.15, 0.2) is 46.8 Å². The fourth-order valence-corrected chi connectivity index (χ4v) is 8.22. The van der Waals surface area contributed by atoms with Crippen molar-refractivity contribution >= 4 is 49.7 Å². The Morgan fingerprint density at radius 1 is 1.21 bits per heavy atom. The molecule has 0 N–H and O–H groups in total. The molecule has 4 rings (SSSR count). The van der Waals surface area contributed by atoms with Crippen molar-refractivity contribution in [3.8, 4) is 0 Å². The standard InChI is InChI=1S/C20H22N2O3S3/c1-13(2)14-5-7-15(8-6-14)22-17-11-28(24,25)12-18(17)27-20(22)21-19(23)10-16-4-3-9-26-16/h3-9,13,17-18H,10-12H2,1-2H3. The highest BCUT2D eigenvalue weighted by Crippen LogP contribution is 2.41. The molecule has 0 aliphatic carbocycles. The molecule has 2 aliphatic rings. The van der Waals surface area contributed by atoms with Crippen molar-refractivity contribution in [3.05, 3.63) is 52.2 Å². The maximum Gasteiger partial charge on any atom is 0.253 e. The second kappa shape index (κ2) is 7.65. The number of carbonyl (C=O) groups is 1. The minimum atomic E-state index is -3.06. The van der Waals surface area contributed by atoms with Crippen molar-refractivity contribution in [1.82, 2.24) is 0 Å². The van der Waals surface area contributed by atoms with Crippen molar-refractivity contribution in [2.75, 3.05) is 16.4 Å². The number of amidine groups is 1. The molecule has 0 radical (unpaired) electrons. The van der Waals surface area contributed by atoms with Crippen molar-refractivity contribution in [1.29, 1.82) is 0 Å². The molecule has 0 saturated carbocycles. The van der Waals surface area contributed by atoms with Crippen LogP contribution >= 0.6 is 23.1 Å². The van der Waals surface area contributed by atoms with Gasteiger partial charge in [-0.3, -0.25) is 4.79 Å². The van der Waals surface area contributed by atoms with Gasteiger partial charge >= 0.3 is 0 Å². The van der Waals surface area contributed by atoms with Gasteiger partial charge in [-0.15, -0.1) is 11.3 Å². The lowest BCUT2D eigenvalue weighted by Crippen LogP contribution is -2.37. The van der Waals surface area contributed by atoms with E-state index in [1.54, 1.807) is 0 Å². The average Bonchev–Trinajstić information content (AvgIpc) is 3.29. The lowest BCUT2D eigenvalue weighted by molar-refractivity contribution is -0.117. The van der Waals surface area contributed by atoms with E-state index in [1.807, 2.05) is 34.5 Å². The summed E-state index contributed by atoms with van der Waals surface area (Å²) < 4.78 is 24.3. The van der Waals surface area contributed by atoms with Crippen LogP contribution in [0, 0.1) is 0 Å². The summed E-state index contributed by atoms with van der Waals surface area (Å²) in [6.07, 6.45) is 0.273. The zero-order valence-corrected chi connectivity index (χ0v) is 18.2. The zero-order chi connectivity index (χ0) is 19.9. The summed E-state index contributed by atoms with van der Waals surface area (Å²) in [5, 5.41) is 2.48. The Bertz CT molecular complexity index is 996. The monoisotopic (exact) mass is 434 g/mol. The van der Waals surface area contributed by atoms with Gasteiger partial charge in [0.15, 0.2) is 15.0 Å². The fraction of sp³-hybridized carbons (Fsp3) is 0.400. The van der Waals surface area contributed by atoms with Crippen LogP contribution in [0.3, 0.4) is 0 Å². The molecule has 2 aliphatic heterocycles. The number of nitrogens with zero attached hydrogens (tertiary/aromatic N) is 2. The minimum Gasteiger partial charge on any atom is -0.316 e. The highest BCUT2D eigenvalue weighted by atomic mass is 32.2. The van der Waals surface area contributed by atoms with Crippen molar-refractivity contribution < 1.29 is 13.2 Å². The first-order chi connectivity index (χ1) is 13.3. The van der Waals surface area contributed by atoms with Gasteiger partial charge in [-0.1, -0.05) is 43.8 Å². The number of amides is 1. The minimum absolute atomic E-state index is 0.0805. The Labute approximate surface area is 173 Å². The lowest BCUT2D eigenvalue weighted by Gasteiger charge is -2.25. The van der Waals surface area contributed by atoms with Gasteiger partial charge in [-0.25, -0.2) is 8.42 Å². The largest absolute Gasteiger partial charge is 0.316 e. The molecule has 1 aromatic heterocycles. The number of thiophene rings is 1. The van der Waals surface area contributed by atoms with Crippen molar-refractivity contribution in [3.63, 3.8) is 0 Å². The molecule has 2 unspecified atom stereocenters. The number of hydrogen-bond acceptors (Lipinski definition) is 5. The van der Waals surface area contributed by atoms with Gasteiger partial charge in [-0.05, 0) is 35.1 Å². The first-order valence-electron chi connectivity index (χ1n) is 9.22. The van der Waals surface area contributed by atoms with Crippen molar-refractivity contribution in [2.24, 2.45) is 4.99 Å². The quantitative estimate of drug-likeness (QED) is 0.734. The molecule has 1 aromatic carbocycles. The van der Waals surface area contributed by atoms with E-state index < -0.39 is 9.84 Å². The molecule has 5 nitrogen and oxygen atoms in total. The number of carbonyl (C=O) groups excluding carboxylic acids is 1. The van der Waals surface area contributed by atoms with Crippen molar-refractivity contribution in [2.45, 2.75) is 37.5 Å². The summed E-state index contributed by atoms with van der Waals surface area (Å²) in [5.41, 5.74) is 2.11. The van der Waals surface area contributed by atoms with E-state index in [4.69, 9.17) is 0 Å². The Morgan fingerprint density at radius 2 is 1.96 bits per heavy atom. The Hall–Kier alpha value is -1.64. The van der Waals surface area contributed by atoms with Gasteiger partial charge in [-0.2, -0.15) is 4.99 Å². The Kier molecular flexibility index (Phi) is 5.37. The predicted molar refractivity (Wildman–Crippen MR) is 117 cm³/mol. The molecule has 148 valence electrons. The smallest absolute Gasteiger partial charge is 0.253 e. The summed E-state index contributed by atoms with van der Waals surface area (Å²) in [7, 11) is -3.06. The zero-order valence-electron chi connectivity index (χ0n) is 15.7. The molecule has 1 amide bonds. The first-order valence-corrected chi connectivity index (χ1v) is 12.8. The molecule has 28 heavy (non-hydrogen) atoms. The van der Waals surface area contributed by atoms with E-state index >= 15 is 0 Å². The molecule has 0 bridgehead atoms. The summed E-state index contributed by atoms with van der Waals surface area (Å²) in [4.78, 5) is 19.8. The normalized spacial score (nSPS) is 24.8. The van der Waals surface area contributed by atoms with Crippen LogP contribution < -0.4 is 4.90 Å². The van der Waals surface area contributed by atoms with Crippen LogP contribution in [0.1, 0.15) is 30.2 Å². The number of rotatable bonds is 4. The first kappa shape index (κ1) is 19.7. The molecule has 3 heterocycles. The molecular weight excluding hydrogens is 412 g/mol. The molecule has 2 aromatic rings. The number of anilines is 1. The van der Waals surface area contributed by atoms with E-state index in [9.17, 15) is 13.2 Å². The van der Waals surface area contributed by atoms with E-state index in [1.165, 1.54) is 28.7 Å². The van der Waals surface area contributed by atoms with E-state index in [0.29, 0.717) is 11.1 Å². The van der Waals surface area contributed by atoms with Gasteiger partial charge in [0.1, 0.15) is 0 Å². The predicted octanol–water partition coefficient (Wildman–Crippen LogP) is 3.72. The molecule has 0 spiro atoms. The Morgan fingerprint density at radius 3 is 2.61 bits per heavy atom. The summed E-state index contributed by atoms with van der Waals surface area (Å²) in [6, 6.07) is 11.8. The lowest BCUT2D eigenvalue weighted by atomic mass is 10.0. The maximum atomic E-state index is 12.5. The number of hydrogen-bond donors (Lipinski definition) is 0. The molecular formula is C20H22N2O3S3. The number of aliphatic imine (C=N–C) groups is 1. The van der Waals surface area contributed by atoms with Gasteiger partial charge in [0, 0.05) is 15.8 Å². The number of fused-ring (bicyclic) bond motifs is 1. The van der Waals surface area contributed by atoms with Gasteiger partial charge in [0.25, 0.3) is 5.91 Å². The number of benzene rings is 1. The second-order valence-corrected chi connectivity index (χ2v) is 11.9. The molecule has 2 saturated heterocycles. The summed E-state index contributed by atoms with van der Waals surface area (Å²) >= 11 is 2.95. The molecule has 2 atom stereocenters. The summed E-state index contributed by atoms with van der Waals surface area (Å²) in [6.45, 7) is 4.27. The van der Waals surface area contributed by atoms with Crippen LogP contribution in [0.25, 0.3) is 0 Å². The van der Waals surface area contributed by atoms with Crippen LogP contribution in [0.5, 0.6) is 0 Å². The van der Waals surface area contributed by atoms with E-state index in [0.717, 1.165) is 10.6 Å². The highest BCUT2D eigenvalue weighted by Gasteiger charge is 2.49. The Balaban J connectivity index is 1.65. The fourth-order valence-electron chi connectivity index (χ4n) is 3.59. The maximum absolute atomic E-state index is 12.5.